The maximum Gasteiger partial charge on any atom is 0.573 e. The molecular weight excluding hydrogens is 356 g/mol. The predicted molar refractivity (Wildman–Crippen MR) is 83.0 cm³/mol. The Labute approximate surface area is 144 Å². The van der Waals surface area contributed by atoms with Crippen molar-refractivity contribution in [2.24, 2.45) is 0 Å². The van der Waals surface area contributed by atoms with E-state index in [0.717, 1.165) is 12.1 Å². The number of nitrogens with one attached hydrogen (secondary N) is 1. The number of aromatic nitrogens is 1. The summed E-state index contributed by atoms with van der Waals surface area (Å²) in [5, 5.41) is 6.09. The minimum absolute atomic E-state index is 0.0417. The Morgan fingerprint density at radius 3 is 2.31 bits per heavy atom. The van der Waals surface area contributed by atoms with Gasteiger partial charge in [0.1, 0.15) is 11.6 Å². The van der Waals surface area contributed by atoms with Gasteiger partial charge >= 0.3 is 6.36 Å². The van der Waals surface area contributed by atoms with Crippen molar-refractivity contribution >= 4 is 11.6 Å². The zero-order chi connectivity index (χ0) is 18.7. The summed E-state index contributed by atoms with van der Waals surface area (Å²) in [4.78, 5) is 12.1. The van der Waals surface area contributed by atoms with E-state index < -0.39 is 23.8 Å². The van der Waals surface area contributed by atoms with Crippen LogP contribution in [-0.2, 0) is 0 Å². The number of alkyl halides is 3. The lowest BCUT2D eigenvalue weighted by molar-refractivity contribution is -0.274. The fraction of sp³-hybridized carbons (Fsp3) is 0.0588. The molecule has 1 N–H and O–H groups in total. The van der Waals surface area contributed by atoms with Crippen molar-refractivity contribution in [3.63, 3.8) is 0 Å². The lowest BCUT2D eigenvalue weighted by Gasteiger charge is -2.09. The van der Waals surface area contributed by atoms with E-state index in [4.69, 9.17) is 4.52 Å². The molecule has 0 fully saturated rings. The van der Waals surface area contributed by atoms with Crippen LogP contribution in [-0.4, -0.2) is 17.4 Å². The van der Waals surface area contributed by atoms with Crippen LogP contribution < -0.4 is 10.1 Å². The fourth-order valence-corrected chi connectivity index (χ4v) is 2.07. The van der Waals surface area contributed by atoms with Gasteiger partial charge in [-0.15, -0.1) is 13.2 Å². The molecule has 0 radical (unpaired) electrons. The molecule has 0 saturated carbocycles. The summed E-state index contributed by atoms with van der Waals surface area (Å²) in [6.45, 7) is 0. The highest BCUT2D eigenvalue weighted by Crippen LogP contribution is 2.25. The number of nitrogens with zero attached hydrogens (tertiary/aromatic N) is 1. The van der Waals surface area contributed by atoms with Crippen molar-refractivity contribution in [3.8, 4) is 17.1 Å². The number of anilines is 1. The SMILES string of the molecule is O=C(Nc1ccc(OC(F)(F)F)cc1)c1cc(-c2ccc(F)cc2)on1. The van der Waals surface area contributed by atoms with E-state index in [9.17, 15) is 22.4 Å². The highest BCUT2D eigenvalue weighted by molar-refractivity contribution is 6.03. The number of amides is 1. The van der Waals surface area contributed by atoms with Crippen molar-refractivity contribution in [2.45, 2.75) is 6.36 Å². The molecule has 5 nitrogen and oxygen atoms in total. The number of carbonyl (C=O) groups is 1. The van der Waals surface area contributed by atoms with Crippen LogP contribution in [0.3, 0.4) is 0 Å². The normalized spacial score (nSPS) is 11.2. The smallest absolute Gasteiger partial charge is 0.406 e. The third-order valence-electron chi connectivity index (χ3n) is 3.22. The molecule has 134 valence electrons. The van der Waals surface area contributed by atoms with Gasteiger partial charge in [0.15, 0.2) is 11.5 Å². The van der Waals surface area contributed by atoms with Gasteiger partial charge < -0.3 is 14.6 Å². The van der Waals surface area contributed by atoms with E-state index in [1.54, 1.807) is 0 Å². The third-order valence-corrected chi connectivity index (χ3v) is 3.22. The van der Waals surface area contributed by atoms with Crippen LogP contribution >= 0.6 is 0 Å². The second-order valence-corrected chi connectivity index (χ2v) is 5.11. The number of hydrogen-bond donors (Lipinski definition) is 1. The Kier molecular flexibility index (Phi) is 4.61. The van der Waals surface area contributed by atoms with Gasteiger partial charge in [0, 0.05) is 17.3 Å². The van der Waals surface area contributed by atoms with Gasteiger partial charge in [0.25, 0.3) is 5.91 Å². The zero-order valence-electron chi connectivity index (χ0n) is 12.9. The summed E-state index contributed by atoms with van der Waals surface area (Å²) in [7, 11) is 0. The van der Waals surface area contributed by atoms with Crippen LogP contribution in [0.25, 0.3) is 11.3 Å². The number of carbonyl (C=O) groups excluding carboxylic acids is 1. The molecule has 1 heterocycles. The van der Waals surface area contributed by atoms with Crippen LogP contribution in [0.5, 0.6) is 5.75 Å². The van der Waals surface area contributed by atoms with Gasteiger partial charge in [0.2, 0.25) is 0 Å². The molecule has 0 atom stereocenters. The Bertz CT molecular complexity index is 903. The van der Waals surface area contributed by atoms with Crippen molar-refractivity contribution in [1.82, 2.24) is 5.16 Å². The van der Waals surface area contributed by atoms with Crippen LogP contribution in [0.15, 0.2) is 59.1 Å². The molecular formula is C17H10F4N2O3. The lowest BCUT2D eigenvalue weighted by atomic mass is 10.1. The molecule has 2 aromatic carbocycles. The van der Waals surface area contributed by atoms with Crippen LogP contribution in [0.4, 0.5) is 23.2 Å². The second kappa shape index (κ2) is 6.87. The number of halogens is 4. The summed E-state index contributed by atoms with van der Waals surface area (Å²) < 4.78 is 58.0. The topological polar surface area (TPSA) is 64.4 Å². The van der Waals surface area contributed by atoms with E-state index in [1.165, 1.54) is 42.5 Å². The highest BCUT2D eigenvalue weighted by Gasteiger charge is 2.31. The molecule has 0 saturated heterocycles. The first-order valence-electron chi connectivity index (χ1n) is 7.20. The second-order valence-electron chi connectivity index (χ2n) is 5.11. The fourth-order valence-electron chi connectivity index (χ4n) is 2.07. The molecule has 3 rings (SSSR count). The Morgan fingerprint density at radius 2 is 1.69 bits per heavy atom. The molecule has 0 aliphatic heterocycles. The van der Waals surface area contributed by atoms with Gasteiger partial charge in [-0.2, -0.15) is 0 Å². The van der Waals surface area contributed by atoms with Gasteiger partial charge in [-0.3, -0.25) is 4.79 Å². The van der Waals surface area contributed by atoms with E-state index in [-0.39, 0.29) is 17.1 Å². The molecule has 1 amide bonds. The minimum Gasteiger partial charge on any atom is -0.406 e. The van der Waals surface area contributed by atoms with Crippen LogP contribution in [0, 0.1) is 5.82 Å². The summed E-state index contributed by atoms with van der Waals surface area (Å²) in [5.41, 5.74) is 0.738. The molecule has 0 spiro atoms. The first-order chi connectivity index (χ1) is 12.3. The lowest BCUT2D eigenvalue weighted by Crippen LogP contribution is -2.17. The van der Waals surface area contributed by atoms with Gasteiger partial charge in [-0.05, 0) is 48.5 Å². The zero-order valence-corrected chi connectivity index (χ0v) is 12.9. The van der Waals surface area contributed by atoms with Crippen molar-refractivity contribution < 1.29 is 31.6 Å². The van der Waals surface area contributed by atoms with Crippen molar-refractivity contribution in [2.75, 3.05) is 5.32 Å². The van der Waals surface area contributed by atoms with Crippen LogP contribution in [0.1, 0.15) is 10.5 Å². The van der Waals surface area contributed by atoms with Crippen LogP contribution in [0.2, 0.25) is 0 Å². The maximum atomic E-state index is 12.9. The van der Waals surface area contributed by atoms with E-state index in [0.29, 0.717) is 5.56 Å². The molecule has 0 aliphatic carbocycles. The van der Waals surface area contributed by atoms with Crippen molar-refractivity contribution in [1.29, 1.82) is 0 Å². The third kappa shape index (κ3) is 4.38. The van der Waals surface area contributed by atoms with Gasteiger partial charge in [-0.1, -0.05) is 5.16 Å². The Balaban J connectivity index is 1.68. The summed E-state index contributed by atoms with van der Waals surface area (Å²) in [6, 6.07) is 11.4. The molecule has 3 aromatic rings. The molecule has 26 heavy (non-hydrogen) atoms. The molecule has 0 unspecified atom stereocenters. The van der Waals surface area contributed by atoms with E-state index >= 15 is 0 Å². The highest BCUT2D eigenvalue weighted by atomic mass is 19.4. The molecule has 0 bridgehead atoms. The van der Waals surface area contributed by atoms with Gasteiger partial charge in [0.05, 0.1) is 0 Å². The average molecular weight is 366 g/mol. The first kappa shape index (κ1) is 17.5. The number of hydrogen-bond acceptors (Lipinski definition) is 4. The number of rotatable bonds is 4. The van der Waals surface area contributed by atoms with Gasteiger partial charge in [-0.25, -0.2) is 4.39 Å². The van der Waals surface area contributed by atoms with E-state index in [2.05, 4.69) is 15.2 Å². The Hall–Kier alpha value is -3.36. The Morgan fingerprint density at radius 1 is 1.04 bits per heavy atom. The first-order valence-corrected chi connectivity index (χ1v) is 7.20. The predicted octanol–water partition coefficient (Wildman–Crippen LogP) is 4.63. The van der Waals surface area contributed by atoms with E-state index in [1.807, 2.05) is 0 Å². The number of ether oxygens (including phenoxy) is 1. The quantitative estimate of drug-likeness (QED) is 0.684. The largest absolute Gasteiger partial charge is 0.573 e. The summed E-state index contributed by atoms with van der Waals surface area (Å²) in [6.07, 6.45) is -4.79. The summed E-state index contributed by atoms with van der Waals surface area (Å²) in [5.74, 6) is -1.17. The number of benzene rings is 2. The standard InChI is InChI=1S/C17H10F4N2O3/c18-11-3-1-10(2-4-11)15-9-14(23-26-15)16(24)22-12-5-7-13(8-6-12)25-17(19,20)21/h1-9H,(H,22,24). The minimum atomic E-state index is -4.79. The molecule has 1 aromatic heterocycles. The molecule has 9 heteroatoms. The van der Waals surface area contributed by atoms with Crippen molar-refractivity contribution in [3.05, 3.63) is 66.1 Å². The monoisotopic (exact) mass is 366 g/mol. The average Bonchev–Trinajstić information content (AvgIpc) is 3.06. The molecule has 0 aliphatic rings. The maximum absolute atomic E-state index is 12.9. The summed E-state index contributed by atoms with van der Waals surface area (Å²) >= 11 is 0.